The molecule has 0 aliphatic carbocycles. The number of pyridine rings is 1. The van der Waals surface area contributed by atoms with Gasteiger partial charge in [-0.3, -0.25) is 4.79 Å². The fraction of sp³-hybridized carbons (Fsp3) is 0.400. The van der Waals surface area contributed by atoms with Gasteiger partial charge < -0.3 is 11.1 Å². The Morgan fingerprint density at radius 2 is 2.50 bits per heavy atom. The van der Waals surface area contributed by atoms with Crippen LogP contribution in [0.1, 0.15) is 6.42 Å². The number of halogens is 1. The first-order chi connectivity index (χ1) is 7.65. The maximum Gasteiger partial charge on any atom is 0.239 e. The molecule has 1 aromatic heterocycles. The second kappa shape index (κ2) is 6.75. The number of rotatable bonds is 6. The molecule has 0 radical (unpaired) electrons. The van der Waals surface area contributed by atoms with E-state index < -0.39 is 0 Å². The molecule has 0 saturated carbocycles. The first-order valence-corrected chi connectivity index (χ1v) is 6.99. The van der Waals surface area contributed by atoms with Gasteiger partial charge in [-0.2, -0.15) is 11.8 Å². The van der Waals surface area contributed by atoms with Crippen LogP contribution in [0.15, 0.2) is 22.8 Å². The van der Waals surface area contributed by atoms with Gasteiger partial charge in [0.2, 0.25) is 5.91 Å². The minimum atomic E-state index is -0.376. The fourth-order valence-corrected chi connectivity index (χ4v) is 2.02. The van der Waals surface area contributed by atoms with E-state index in [-0.39, 0.29) is 11.9 Å². The maximum atomic E-state index is 11.2. The summed E-state index contributed by atoms with van der Waals surface area (Å²) in [6, 6.07) is 3.30. The molecule has 88 valence electrons. The minimum absolute atomic E-state index is 0.355. The Morgan fingerprint density at radius 1 is 1.75 bits per heavy atom. The van der Waals surface area contributed by atoms with Gasteiger partial charge in [-0.25, -0.2) is 4.98 Å². The predicted molar refractivity (Wildman–Crippen MR) is 71.5 cm³/mol. The van der Waals surface area contributed by atoms with Gasteiger partial charge in [0, 0.05) is 6.20 Å². The number of nitrogens with one attached hydrogen (secondary N) is 1. The fourth-order valence-electron chi connectivity index (χ4n) is 1.18. The number of hydrogen-bond acceptors (Lipinski definition) is 4. The number of aromatic nitrogens is 1. The molecule has 1 aromatic rings. The van der Waals surface area contributed by atoms with Crippen LogP contribution in [-0.4, -0.2) is 28.9 Å². The maximum absolute atomic E-state index is 11.2. The molecular weight excluding hydrogens is 290 g/mol. The Morgan fingerprint density at radius 3 is 3.06 bits per heavy atom. The van der Waals surface area contributed by atoms with Gasteiger partial charge in [-0.05, 0) is 46.5 Å². The van der Waals surface area contributed by atoms with Gasteiger partial charge in [0.15, 0.2) is 0 Å². The first-order valence-electron chi connectivity index (χ1n) is 4.80. The molecule has 0 aromatic carbocycles. The van der Waals surface area contributed by atoms with Crippen LogP contribution in [0.3, 0.4) is 0 Å². The summed E-state index contributed by atoms with van der Waals surface area (Å²) in [6.45, 7) is 0. The molecular formula is C10H14BrN3OS. The van der Waals surface area contributed by atoms with Gasteiger partial charge in [0.25, 0.3) is 0 Å². The average Bonchev–Trinajstić information content (AvgIpc) is 2.26. The largest absolute Gasteiger partial charge is 0.368 e. The molecule has 1 heterocycles. The number of carbonyl (C=O) groups is 1. The van der Waals surface area contributed by atoms with Crippen molar-refractivity contribution in [2.24, 2.45) is 5.73 Å². The van der Waals surface area contributed by atoms with E-state index in [1.165, 1.54) is 0 Å². The summed E-state index contributed by atoms with van der Waals surface area (Å²) in [5.74, 6) is 1.17. The van der Waals surface area contributed by atoms with Crippen LogP contribution >= 0.6 is 27.7 Å². The summed E-state index contributed by atoms with van der Waals surface area (Å²) in [5.41, 5.74) is 5.32. The standard InChI is InChI=1S/C10H14BrN3OS/c1-16-6-4-8(9(12)15)14-10-7(11)3-2-5-13-10/h2-3,5,8H,4,6H2,1H3,(H2,12,15)(H,13,14)/t8-/m0/s1. The molecule has 1 amide bonds. The monoisotopic (exact) mass is 303 g/mol. The molecule has 6 heteroatoms. The topological polar surface area (TPSA) is 68.0 Å². The highest BCUT2D eigenvalue weighted by molar-refractivity contribution is 9.10. The molecule has 0 fully saturated rings. The number of nitrogens with zero attached hydrogens (tertiary/aromatic N) is 1. The van der Waals surface area contributed by atoms with Crippen LogP contribution in [0.25, 0.3) is 0 Å². The minimum Gasteiger partial charge on any atom is -0.368 e. The molecule has 0 unspecified atom stereocenters. The van der Waals surface area contributed by atoms with E-state index >= 15 is 0 Å². The van der Waals surface area contributed by atoms with Crippen LogP contribution in [-0.2, 0) is 4.79 Å². The molecule has 0 aliphatic heterocycles. The van der Waals surface area contributed by atoms with Gasteiger partial charge in [-0.15, -0.1) is 0 Å². The van der Waals surface area contributed by atoms with E-state index in [4.69, 9.17) is 5.73 Å². The number of thioether (sulfide) groups is 1. The van der Waals surface area contributed by atoms with Crippen molar-refractivity contribution in [1.29, 1.82) is 0 Å². The molecule has 1 rings (SSSR count). The molecule has 1 atom stereocenters. The summed E-state index contributed by atoms with van der Waals surface area (Å²) in [4.78, 5) is 15.4. The third-order valence-electron chi connectivity index (χ3n) is 2.02. The highest BCUT2D eigenvalue weighted by Gasteiger charge is 2.15. The number of hydrogen-bond donors (Lipinski definition) is 2. The smallest absolute Gasteiger partial charge is 0.239 e. The Kier molecular flexibility index (Phi) is 5.62. The van der Waals surface area contributed by atoms with Crippen molar-refractivity contribution in [1.82, 2.24) is 4.98 Å². The van der Waals surface area contributed by atoms with E-state index in [2.05, 4.69) is 26.2 Å². The summed E-state index contributed by atoms with van der Waals surface area (Å²) in [5, 5.41) is 3.04. The summed E-state index contributed by atoms with van der Waals surface area (Å²) in [7, 11) is 0. The van der Waals surface area contributed by atoms with Crippen molar-refractivity contribution in [2.45, 2.75) is 12.5 Å². The molecule has 3 N–H and O–H groups in total. The number of primary amides is 1. The van der Waals surface area contributed by atoms with Crippen LogP contribution in [0.5, 0.6) is 0 Å². The van der Waals surface area contributed by atoms with Crippen LogP contribution in [0.4, 0.5) is 5.82 Å². The summed E-state index contributed by atoms with van der Waals surface area (Å²) >= 11 is 5.04. The lowest BCUT2D eigenvalue weighted by atomic mass is 10.2. The normalized spacial score (nSPS) is 12.1. The number of carbonyl (C=O) groups excluding carboxylic acids is 1. The molecule has 4 nitrogen and oxygen atoms in total. The van der Waals surface area contributed by atoms with Crippen LogP contribution in [0.2, 0.25) is 0 Å². The van der Waals surface area contributed by atoms with Crippen molar-refractivity contribution in [3.63, 3.8) is 0 Å². The highest BCUT2D eigenvalue weighted by Crippen LogP contribution is 2.19. The van der Waals surface area contributed by atoms with Crippen LogP contribution in [0, 0.1) is 0 Å². The lowest BCUT2D eigenvalue weighted by Gasteiger charge is -2.16. The van der Waals surface area contributed by atoms with Crippen molar-refractivity contribution in [2.75, 3.05) is 17.3 Å². The lowest BCUT2D eigenvalue weighted by molar-refractivity contribution is -0.118. The van der Waals surface area contributed by atoms with Crippen molar-refractivity contribution in [3.8, 4) is 0 Å². The van der Waals surface area contributed by atoms with E-state index in [0.29, 0.717) is 12.2 Å². The molecule has 16 heavy (non-hydrogen) atoms. The average molecular weight is 304 g/mol. The second-order valence-corrected chi connectivity index (χ2v) is 5.05. The summed E-state index contributed by atoms with van der Waals surface area (Å²) in [6.07, 6.45) is 4.36. The van der Waals surface area contributed by atoms with E-state index in [0.717, 1.165) is 10.2 Å². The molecule has 0 saturated heterocycles. The predicted octanol–water partition coefficient (Wildman–Crippen LogP) is 1.86. The van der Waals surface area contributed by atoms with E-state index in [1.54, 1.807) is 18.0 Å². The zero-order valence-electron chi connectivity index (χ0n) is 8.94. The van der Waals surface area contributed by atoms with Crippen molar-refractivity contribution >= 4 is 39.4 Å². The van der Waals surface area contributed by atoms with E-state index in [9.17, 15) is 4.79 Å². The van der Waals surface area contributed by atoms with Crippen molar-refractivity contribution < 1.29 is 4.79 Å². The third kappa shape index (κ3) is 4.02. The first kappa shape index (κ1) is 13.3. The van der Waals surface area contributed by atoms with Crippen LogP contribution < -0.4 is 11.1 Å². The van der Waals surface area contributed by atoms with Gasteiger partial charge in [-0.1, -0.05) is 0 Å². The van der Waals surface area contributed by atoms with Crippen molar-refractivity contribution in [3.05, 3.63) is 22.8 Å². The Labute approximate surface area is 108 Å². The Bertz CT molecular complexity index is 362. The van der Waals surface area contributed by atoms with Gasteiger partial charge >= 0.3 is 0 Å². The van der Waals surface area contributed by atoms with E-state index in [1.807, 2.05) is 18.4 Å². The zero-order valence-corrected chi connectivity index (χ0v) is 11.3. The summed E-state index contributed by atoms with van der Waals surface area (Å²) < 4.78 is 0.824. The molecule has 0 spiro atoms. The Balaban J connectivity index is 2.68. The zero-order chi connectivity index (χ0) is 12.0. The highest BCUT2D eigenvalue weighted by atomic mass is 79.9. The second-order valence-electron chi connectivity index (χ2n) is 3.21. The molecule has 0 bridgehead atoms. The SMILES string of the molecule is CSCC[C@H](Nc1ncccc1Br)C(N)=O. The Hall–Kier alpha value is -0.750. The quantitative estimate of drug-likeness (QED) is 0.842. The number of anilines is 1. The number of nitrogens with two attached hydrogens (primary N) is 1. The number of amides is 1. The third-order valence-corrected chi connectivity index (χ3v) is 3.31. The van der Waals surface area contributed by atoms with Gasteiger partial charge in [0.05, 0.1) is 4.47 Å². The molecule has 0 aliphatic rings. The van der Waals surface area contributed by atoms with Gasteiger partial charge in [0.1, 0.15) is 11.9 Å². The lowest BCUT2D eigenvalue weighted by Crippen LogP contribution is -2.36.